The first-order valence-electron chi connectivity index (χ1n) is 7.06. The molecule has 1 unspecified atom stereocenters. The maximum Gasteiger partial charge on any atom is 0.136 e. The van der Waals surface area contributed by atoms with Crippen LogP contribution >= 0.6 is 0 Å². The fourth-order valence-electron chi connectivity index (χ4n) is 2.08. The zero-order valence-corrected chi connectivity index (χ0v) is 12.1. The van der Waals surface area contributed by atoms with Crippen molar-refractivity contribution in [3.63, 3.8) is 0 Å². The van der Waals surface area contributed by atoms with E-state index >= 15 is 0 Å². The van der Waals surface area contributed by atoms with Crippen molar-refractivity contribution in [2.24, 2.45) is 5.29 Å². The highest BCUT2D eigenvalue weighted by Gasteiger charge is 2.16. The minimum Gasteiger partial charge on any atom is -0.241 e. The molecule has 0 heterocycles. The summed E-state index contributed by atoms with van der Waals surface area (Å²) in [6.07, 6.45) is 0.849. The molecule has 21 heavy (non-hydrogen) atoms. The molecule has 0 N–H and O–H groups in total. The van der Waals surface area contributed by atoms with Crippen LogP contribution < -0.4 is 0 Å². The summed E-state index contributed by atoms with van der Waals surface area (Å²) in [5.41, 5.74) is 1.91. The van der Waals surface area contributed by atoms with Crippen LogP contribution in [-0.2, 0) is 0 Å². The Bertz CT molecular complexity index is 614. The highest BCUT2D eigenvalue weighted by Crippen LogP contribution is 2.20. The van der Waals surface area contributed by atoms with Crippen molar-refractivity contribution >= 4 is 0 Å². The summed E-state index contributed by atoms with van der Waals surface area (Å²) in [6.45, 7) is 2.61. The molecule has 2 aromatic carbocycles. The van der Waals surface area contributed by atoms with Gasteiger partial charge in [0.2, 0.25) is 0 Å². The van der Waals surface area contributed by atoms with E-state index in [2.05, 4.69) is 17.1 Å². The molecular weight excluding hydrogens is 260 g/mol. The van der Waals surface area contributed by atoms with Gasteiger partial charge in [-0.25, -0.2) is 5.01 Å². The van der Waals surface area contributed by atoms with Crippen molar-refractivity contribution in [2.45, 2.75) is 19.4 Å². The Morgan fingerprint density at radius 2 is 1.67 bits per heavy atom. The molecule has 0 bridgehead atoms. The van der Waals surface area contributed by atoms with Gasteiger partial charge in [-0.2, -0.15) is 0 Å². The highest BCUT2D eigenvalue weighted by atomic mass is 16.3. The first-order chi connectivity index (χ1) is 10.3. The monoisotopic (exact) mass is 278 g/mol. The molecule has 3 heteroatoms. The quantitative estimate of drug-likeness (QED) is 0.467. The van der Waals surface area contributed by atoms with Crippen LogP contribution in [0.15, 0.2) is 65.9 Å². The number of benzene rings is 2. The van der Waals surface area contributed by atoms with E-state index < -0.39 is 0 Å². The molecule has 0 spiro atoms. The Labute approximate surface area is 125 Å². The molecule has 0 amide bonds. The second-order valence-corrected chi connectivity index (χ2v) is 4.69. The van der Waals surface area contributed by atoms with Crippen molar-refractivity contribution in [1.82, 2.24) is 5.01 Å². The van der Waals surface area contributed by atoms with Gasteiger partial charge < -0.3 is 0 Å². The number of rotatable bonds is 5. The number of hydrogen-bond donors (Lipinski definition) is 0. The molecule has 0 aliphatic rings. The fraction of sp³-hybridized carbons (Fsp3) is 0.222. The Morgan fingerprint density at radius 1 is 1.05 bits per heavy atom. The molecule has 0 radical (unpaired) electrons. The van der Waals surface area contributed by atoms with Crippen LogP contribution in [0.4, 0.5) is 0 Å². The maximum absolute atomic E-state index is 11.1. The molecule has 0 saturated carbocycles. The molecule has 0 saturated heterocycles. The molecular formula is C18H18N2O. The summed E-state index contributed by atoms with van der Waals surface area (Å²) in [6, 6.07) is 19.2. The first kappa shape index (κ1) is 14.8. The molecule has 2 rings (SSSR count). The van der Waals surface area contributed by atoms with E-state index in [0.29, 0.717) is 6.54 Å². The van der Waals surface area contributed by atoms with Crippen LogP contribution in [0.1, 0.15) is 30.5 Å². The lowest BCUT2D eigenvalue weighted by Crippen LogP contribution is -2.23. The summed E-state index contributed by atoms with van der Waals surface area (Å²) in [4.78, 5) is 11.1. The fourth-order valence-corrected chi connectivity index (χ4v) is 2.08. The van der Waals surface area contributed by atoms with E-state index in [1.807, 2.05) is 67.6 Å². The van der Waals surface area contributed by atoms with Gasteiger partial charge in [-0.1, -0.05) is 67.3 Å². The standard InChI is InChI=1S/C18H18N2O/c1-2-15-20(19-21)18(17-11-7-4-8-12-17)14-13-16-9-5-3-6-10-16/h3-12,18H,2,15H2,1H3. The lowest BCUT2D eigenvalue weighted by atomic mass is 10.1. The van der Waals surface area contributed by atoms with Crippen molar-refractivity contribution in [3.05, 3.63) is 76.7 Å². The van der Waals surface area contributed by atoms with Gasteiger partial charge in [0.25, 0.3) is 0 Å². The second kappa shape index (κ2) is 7.86. The molecule has 0 aromatic heterocycles. The van der Waals surface area contributed by atoms with Gasteiger partial charge in [-0.3, -0.25) is 0 Å². The molecule has 106 valence electrons. The van der Waals surface area contributed by atoms with E-state index in [9.17, 15) is 4.91 Å². The minimum absolute atomic E-state index is 0.316. The average Bonchev–Trinajstić information content (AvgIpc) is 2.56. The van der Waals surface area contributed by atoms with Gasteiger partial charge in [0.1, 0.15) is 6.04 Å². The Morgan fingerprint density at radius 3 is 2.24 bits per heavy atom. The molecule has 3 nitrogen and oxygen atoms in total. The van der Waals surface area contributed by atoms with E-state index in [-0.39, 0.29) is 6.04 Å². The lowest BCUT2D eigenvalue weighted by molar-refractivity contribution is 0.246. The van der Waals surface area contributed by atoms with Gasteiger partial charge in [0.15, 0.2) is 0 Å². The summed E-state index contributed by atoms with van der Waals surface area (Å²) in [7, 11) is 0. The summed E-state index contributed by atoms with van der Waals surface area (Å²) in [5.74, 6) is 6.30. The summed E-state index contributed by atoms with van der Waals surface area (Å²) < 4.78 is 0. The zero-order valence-electron chi connectivity index (χ0n) is 12.1. The van der Waals surface area contributed by atoms with Crippen molar-refractivity contribution in [3.8, 4) is 11.8 Å². The lowest BCUT2D eigenvalue weighted by Gasteiger charge is -2.21. The number of hydrogen-bond acceptors (Lipinski definition) is 2. The van der Waals surface area contributed by atoms with E-state index in [1.165, 1.54) is 5.01 Å². The number of nitroso groups, excluding NO2 is 1. The molecule has 1 atom stereocenters. The van der Waals surface area contributed by atoms with Gasteiger partial charge in [0, 0.05) is 12.1 Å². The molecule has 0 aliphatic heterocycles. The zero-order chi connectivity index (χ0) is 14.9. The Kier molecular flexibility index (Phi) is 5.54. The first-order valence-corrected chi connectivity index (χ1v) is 7.06. The van der Waals surface area contributed by atoms with Gasteiger partial charge in [-0.15, -0.1) is 4.91 Å². The van der Waals surface area contributed by atoms with E-state index in [0.717, 1.165) is 17.5 Å². The SMILES string of the molecule is CCCN(N=O)C(C#Cc1ccccc1)c1ccccc1. The third-order valence-corrected chi connectivity index (χ3v) is 3.10. The predicted octanol–water partition coefficient (Wildman–Crippen LogP) is 4.17. The topological polar surface area (TPSA) is 32.7 Å². The van der Waals surface area contributed by atoms with Gasteiger partial charge in [-0.05, 0) is 24.1 Å². The average molecular weight is 278 g/mol. The minimum atomic E-state index is -0.316. The Hall–Kier alpha value is -2.60. The smallest absolute Gasteiger partial charge is 0.136 e. The third-order valence-electron chi connectivity index (χ3n) is 3.10. The highest BCUT2D eigenvalue weighted by molar-refractivity contribution is 5.37. The van der Waals surface area contributed by atoms with Crippen molar-refractivity contribution in [1.29, 1.82) is 0 Å². The van der Waals surface area contributed by atoms with Crippen LogP contribution in [0.25, 0.3) is 0 Å². The Balaban J connectivity index is 2.32. The second-order valence-electron chi connectivity index (χ2n) is 4.69. The van der Waals surface area contributed by atoms with Crippen LogP contribution in [0, 0.1) is 16.7 Å². The van der Waals surface area contributed by atoms with E-state index in [1.54, 1.807) is 0 Å². The summed E-state index contributed by atoms with van der Waals surface area (Å²) in [5, 5.41) is 4.65. The molecule has 0 aliphatic carbocycles. The van der Waals surface area contributed by atoms with E-state index in [4.69, 9.17) is 0 Å². The van der Waals surface area contributed by atoms with Crippen LogP contribution in [0.2, 0.25) is 0 Å². The normalized spacial score (nSPS) is 11.1. The van der Waals surface area contributed by atoms with Crippen molar-refractivity contribution in [2.75, 3.05) is 6.54 Å². The molecule has 2 aromatic rings. The summed E-state index contributed by atoms with van der Waals surface area (Å²) >= 11 is 0. The van der Waals surface area contributed by atoms with Crippen molar-refractivity contribution < 1.29 is 0 Å². The van der Waals surface area contributed by atoms with Crippen LogP contribution in [-0.4, -0.2) is 11.6 Å². The number of nitrogens with zero attached hydrogens (tertiary/aromatic N) is 2. The van der Waals surface area contributed by atoms with Gasteiger partial charge in [0.05, 0.1) is 5.29 Å². The molecule has 0 fully saturated rings. The maximum atomic E-state index is 11.1. The van der Waals surface area contributed by atoms with Gasteiger partial charge >= 0.3 is 0 Å². The third kappa shape index (κ3) is 4.19. The van der Waals surface area contributed by atoms with Crippen LogP contribution in [0.5, 0.6) is 0 Å². The van der Waals surface area contributed by atoms with Crippen LogP contribution in [0.3, 0.4) is 0 Å². The largest absolute Gasteiger partial charge is 0.241 e. The predicted molar refractivity (Wildman–Crippen MR) is 85.3 cm³/mol.